The van der Waals surface area contributed by atoms with Crippen LogP contribution in [-0.4, -0.2) is 42.3 Å². The van der Waals surface area contributed by atoms with E-state index in [2.05, 4.69) is 0 Å². The molecule has 0 aromatic heterocycles. The van der Waals surface area contributed by atoms with E-state index in [0.717, 1.165) is 22.3 Å². The highest BCUT2D eigenvalue weighted by molar-refractivity contribution is 5.91. The summed E-state index contributed by atoms with van der Waals surface area (Å²) in [5, 5.41) is 0. The number of hydrogen-bond acceptors (Lipinski definition) is 7. The summed E-state index contributed by atoms with van der Waals surface area (Å²) >= 11 is 0. The first-order chi connectivity index (χ1) is 22.1. The van der Waals surface area contributed by atoms with Gasteiger partial charge < -0.3 is 23.7 Å². The summed E-state index contributed by atoms with van der Waals surface area (Å²) < 4.78 is 31.8. The monoisotopic (exact) mass is 608 g/mol. The van der Waals surface area contributed by atoms with E-state index in [0.29, 0.717) is 6.42 Å². The fourth-order valence-corrected chi connectivity index (χ4v) is 5.34. The first kappa shape index (κ1) is 32.3. The molecular weight excluding hydrogens is 568 g/mol. The van der Waals surface area contributed by atoms with Gasteiger partial charge in [0.1, 0.15) is 24.4 Å². The Kier molecular flexibility index (Phi) is 12.0. The second-order valence-electron chi connectivity index (χ2n) is 11.1. The molecule has 5 rings (SSSR count). The zero-order valence-electron chi connectivity index (χ0n) is 25.5. The Labute approximate surface area is 265 Å². The molecule has 0 unspecified atom stereocenters. The molecule has 234 valence electrons. The summed E-state index contributed by atoms with van der Waals surface area (Å²) in [6, 6.07) is 38.8. The smallest absolute Gasteiger partial charge is 0.306 e. The van der Waals surface area contributed by atoms with Gasteiger partial charge in [0, 0.05) is 6.42 Å². The molecule has 0 saturated heterocycles. The molecule has 4 aromatic rings. The van der Waals surface area contributed by atoms with Gasteiger partial charge in [0.15, 0.2) is 6.10 Å². The van der Waals surface area contributed by atoms with Crippen LogP contribution in [0.3, 0.4) is 0 Å². The maximum Gasteiger partial charge on any atom is 0.306 e. The van der Waals surface area contributed by atoms with Crippen molar-refractivity contribution in [2.45, 2.75) is 76.7 Å². The highest BCUT2D eigenvalue weighted by Crippen LogP contribution is 2.32. The van der Waals surface area contributed by atoms with Gasteiger partial charge in [0.05, 0.1) is 26.4 Å². The van der Waals surface area contributed by atoms with E-state index in [4.69, 9.17) is 23.7 Å². The van der Waals surface area contributed by atoms with E-state index in [1.54, 1.807) is 0 Å². The van der Waals surface area contributed by atoms with Crippen LogP contribution in [0.4, 0.5) is 0 Å². The molecule has 0 radical (unpaired) electrons. The molecule has 0 amide bonds. The Hall–Kier alpha value is -4.14. The number of Topliss-reactive ketones (excluding diaryl/α,β-unsaturated/α-hetero) is 1. The average molecular weight is 609 g/mol. The van der Waals surface area contributed by atoms with Gasteiger partial charge in [0.25, 0.3) is 0 Å². The lowest BCUT2D eigenvalue weighted by molar-refractivity contribution is -0.236. The summed E-state index contributed by atoms with van der Waals surface area (Å²) in [6.07, 6.45) is -4.17. The number of carbonyl (C=O) groups is 2. The van der Waals surface area contributed by atoms with Crippen molar-refractivity contribution in [3.05, 3.63) is 144 Å². The molecule has 1 fully saturated rings. The quantitative estimate of drug-likeness (QED) is 0.140. The molecule has 0 heterocycles. The SMILES string of the molecule is CCCC(=O)O[C@@H]1C(=O)[C@H](OCc2ccccc2)[C@@H](OCc2ccccc2)[C@H](OCc2ccccc2)[C@H]1OCc1ccccc1. The number of esters is 1. The molecule has 1 aliphatic carbocycles. The fraction of sp³-hybridized carbons (Fsp3) is 0.316. The fourth-order valence-electron chi connectivity index (χ4n) is 5.34. The summed E-state index contributed by atoms with van der Waals surface area (Å²) in [5.74, 6) is -0.887. The number of carbonyl (C=O) groups excluding carboxylic acids is 2. The van der Waals surface area contributed by atoms with Gasteiger partial charge in [-0.05, 0) is 28.7 Å². The molecule has 7 nitrogen and oxygen atoms in total. The lowest BCUT2D eigenvalue weighted by Gasteiger charge is -2.44. The molecule has 0 N–H and O–H groups in total. The van der Waals surface area contributed by atoms with Crippen LogP contribution >= 0.6 is 0 Å². The molecule has 5 atom stereocenters. The van der Waals surface area contributed by atoms with Crippen LogP contribution in [0.1, 0.15) is 42.0 Å². The van der Waals surface area contributed by atoms with Crippen molar-refractivity contribution in [1.82, 2.24) is 0 Å². The number of rotatable bonds is 15. The van der Waals surface area contributed by atoms with Crippen LogP contribution in [0.2, 0.25) is 0 Å². The van der Waals surface area contributed by atoms with Gasteiger partial charge in [-0.3, -0.25) is 9.59 Å². The van der Waals surface area contributed by atoms with Crippen molar-refractivity contribution in [2.75, 3.05) is 0 Å². The maximum atomic E-state index is 14.3. The molecular formula is C38H40O7. The molecule has 45 heavy (non-hydrogen) atoms. The van der Waals surface area contributed by atoms with E-state index in [1.807, 2.05) is 128 Å². The van der Waals surface area contributed by atoms with Crippen LogP contribution in [0.25, 0.3) is 0 Å². The highest BCUT2D eigenvalue weighted by Gasteiger charge is 2.55. The van der Waals surface area contributed by atoms with Crippen molar-refractivity contribution in [3.8, 4) is 0 Å². The molecule has 1 aliphatic rings. The summed E-state index contributed by atoms with van der Waals surface area (Å²) in [5.41, 5.74) is 3.69. The Morgan fingerprint density at radius 1 is 0.511 bits per heavy atom. The predicted octanol–water partition coefficient (Wildman–Crippen LogP) is 6.62. The van der Waals surface area contributed by atoms with E-state index in [9.17, 15) is 9.59 Å². The average Bonchev–Trinajstić information content (AvgIpc) is 3.08. The number of benzene rings is 4. The number of ketones is 1. The van der Waals surface area contributed by atoms with Crippen molar-refractivity contribution in [2.24, 2.45) is 0 Å². The van der Waals surface area contributed by atoms with E-state index in [1.165, 1.54) is 0 Å². The Bertz CT molecular complexity index is 1450. The van der Waals surface area contributed by atoms with Crippen LogP contribution in [0.15, 0.2) is 121 Å². The number of hydrogen-bond donors (Lipinski definition) is 0. The van der Waals surface area contributed by atoms with E-state index >= 15 is 0 Å². The van der Waals surface area contributed by atoms with Gasteiger partial charge in [-0.1, -0.05) is 128 Å². The number of ether oxygens (including phenoxy) is 5. The third-order valence-corrected chi connectivity index (χ3v) is 7.65. The first-order valence-corrected chi connectivity index (χ1v) is 15.5. The highest BCUT2D eigenvalue weighted by atomic mass is 16.6. The van der Waals surface area contributed by atoms with Gasteiger partial charge in [-0.15, -0.1) is 0 Å². The Morgan fingerprint density at radius 3 is 1.27 bits per heavy atom. The van der Waals surface area contributed by atoms with Crippen molar-refractivity contribution < 1.29 is 33.3 Å². The second kappa shape index (κ2) is 16.8. The van der Waals surface area contributed by atoms with E-state index in [-0.39, 0.29) is 32.8 Å². The molecule has 1 saturated carbocycles. The van der Waals surface area contributed by atoms with Crippen LogP contribution in [-0.2, 0) is 59.7 Å². The largest absolute Gasteiger partial charge is 0.451 e. The van der Waals surface area contributed by atoms with Crippen LogP contribution in [0.5, 0.6) is 0 Å². The lowest BCUT2D eigenvalue weighted by atomic mass is 9.85. The van der Waals surface area contributed by atoms with Crippen molar-refractivity contribution in [1.29, 1.82) is 0 Å². The Balaban J connectivity index is 1.51. The molecule has 7 heteroatoms. The minimum Gasteiger partial charge on any atom is -0.451 e. The zero-order valence-corrected chi connectivity index (χ0v) is 25.5. The van der Waals surface area contributed by atoms with E-state index < -0.39 is 42.3 Å². The molecule has 0 spiro atoms. The summed E-state index contributed by atoms with van der Waals surface area (Å²) in [6.45, 7) is 2.70. The maximum absolute atomic E-state index is 14.3. The zero-order chi connectivity index (χ0) is 31.3. The van der Waals surface area contributed by atoms with Crippen LogP contribution < -0.4 is 0 Å². The minimum absolute atomic E-state index is 0.166. The summed E-state index contributed by atoms with van der Waals surface area (Å²) in [4.78, 5) is 27.2. The third kappa shape index (κ3) is 9.19. The van der Waals surface area contributed by atoms with Gasteiger partial charge >= 0.3 is 5.97 Å². The van der Waals surface area contributed by atoms with Gasteiger partial charge in [-0.25, -0.2) is 0 Å². The third-order valence-electron chi connectivity index (χ3n) is 7.65. The van der Waals surface area contributed by atoms with Crippen molar-refractivity contribution in [3.63, 3.8) is 0 Å². The lowest BCUT2D eigenvalue weighted by Crippen LogP contribution is -2.65. The topological polar surface area (TPSA) is 80.3 Å². The molecule has 4 aromatic carbocycles. The standard InChI is InChI=1S/C38H40O7/c1-2-15-32(39)45-35-33(40)34(41-24-28-16-7-3-8-17-28)36(42-25-29-18-9-4-10-19-29)38(44-27-31-22-13-6-14-23-31)37(35)43-26-30-20-11-5-12-21-30/h3-14,16-23,34-38H,2,15,24-27H2,1H3/t34-,35+,36+,37-,38-/m0/s1. The molecule has 0 bridgehead atoms. The Morgan fingerprint density at radius 2 is 0.867 bits per heavy atom. The molecule has 0 aliphatic heterocycles. The summed E-state index contributed by atoms with van der Waals surface area (Å²) in [7, 11) is 0. The first-order valence-electron chi connectivity index (χ1n) is 15.5. The van der Waals surface area contributed by atoms with Gasteiger partial charge in [0.2, 0.25) is 5.78 Å². The normalized spacial score (nSPS) is 21.4. The van der Waals surface area contributed by atoms with Crippen molar-refractivity contribution >= 4 is 11.8 Å². The van der Waals surface area contributed by atoms with Gasteiger partial charge in [-0.2, -0.15) is 0 Å². The van der Waals surface area contributed by atoms with Crippen LogP contribution in [0, 0.1) is 0 Å². The predicted molar refractivity (Wildman–Crippen MR) is 170 cm³/mol. The second-order valence-corrected chi connectivity index (χ2v) is 11.1. The minimum atomic E-state index is -1.24.